The maximum atomic E-state index is 12.5. The maximum absolute atomic E-state index is 12.5. The highest BCUT2D eigenvalue weighted by Gasteiger charge is 2.25. The van der Waals surface area contributed by atoms with Crippen LogP contribution in [0.4, 0.5) is 0 Å². The third kappa shape index (κ3) is 34.4. The number of phosphoric acid groups is 1. The lowest BCUT2D eigenvalue weighted by Gasteiger charge is -2.19. The van der Waals surface area contributed by atoms with Crippen LogP contribution in [0.1, 0.15) is 174 Å². The summed E-state index contributed by atoms with van der Waals surface area (Å²) in [6.45, 7) is 3.59. The fraction of sp³-hybridized carbons (Fsp3) is 0.842. The van der Waals surface area contributed by atoms with Crippen molar-refractivity contribution in [3.63, 3.8) is 0 Å². The van der Waals surface area contributed by atoms with E-state index in [0.29, 0.717) is 6.42 Å². The Labute approximate surface area is 293 Å². The molecule has 0 aromatic carbocycles. The van der Waals surface area contributed by atoms with Gasteiger partial charge in [0.05, 0.1) is 13.2 Å². The first kappa shape index (κ1) is 46.5. The van der Waals surface area contributed by atoms with Gasteiger partial charge in [-0.15, -0.1) is 0 Å². The molecule has 0 aromatic heterocycles. The monoisotopic (exact) mass is 701 g/mol. The lowest BCUT2D eigenvalue weighted by molar-refractivity contribution is -0.159. The molecule has 10 heteroatoms. The molecule has 0 aliphatic heterocycles. The number of phosphoric ester groups is 1. The van der Waals surface area contributed by atoms with Crippen molar-refractivity contribution in [1.29, 1.82) is 0 Å². The summed E-state index contributed by atoms with van der Waals surface area (Å²) in [5.74, 6) is -1.08. The summed E-state index contributed by atoms with van der Waals surface area (Å²) >= 11 is 0. The molecule has 0 saturated heterocycles. The Bertz CT molecular complexity index is 851. The van der Waals surface area contributed by atoms with Crippen LogP contribution in [-0.4, -0.2) is 49.3 Å². The van der Waals surface area contributed by atoms with Crippen LogP contribution in [0.15, 0.2) is 24.3 Å². The summed E-state index contributed by atoms with van der Waals surface area (Å²) in [7, 11) is -4.38. The summed E-state index contributed by atoms with van der Waals surface area (Å²) < 4.78 is 32.4. The van der Waals surface area contributed by atoms with Crippen LogP contribution in [-0.2, 0) is 32.7 Å². The molecule has 0 spiro atoms. The first-order valence-electron chi connectivity index (χ1n) is 19.4. The lowest BCUT2D eigenvalue weighted by atomic mass is 10.0. The quantitative estimate of drug-likeness (QED) is 0.0215. The molecule has 0 aliphatic carbocycles. The summed E-state index contributed by atoms with van der Waals surface area (Å²) in [6.07, 6.45) is 35.5. The van der Waals surface area contributed by atoms with Crippen LogP contribution in [0.3, 0.4) is 0 Å². The van der Waals surface area contributed by atoms with E-state index in [4.69, 9.17) is 24.3 Å². The molecular formula is C38H72NO8P. The molecular weight excluding hydrogens is 629 g/mol. The van der Waals surface area contributed by atoms with Gasteiger partial charge >= 0.3 is 19.8 Å². The molecule has 282 valence electrons. The first-order chi connectivity index (χ1) is 23.3. The van der Waals surface area contributed by atoms with Crippen molar-refractivity contribution in [2.24, 2.45) is 5.73 Å². The van der Waals surface area contributed by atoms with Crippen LogP contribution in [0.5, 0.6) is 0 Å². The number of rotatable bonds is 36. The molecule has 9 nitrogen and oxygen atoms in total. The SMILES string of the molecule is CCCCCCCCCCCCC/C=C/C=C/C(=O)OC[C@H](COP(=O)(O)OCCN)OC(=O)CCCCCCCCCCCCCC. The van der Waals surface area contributed by atoms with Gasteiger partial charge in [0.2, 0.25) is 0 Å². The van der Waals surface area contributed by atoms with E-state index in [2.05, 4.69) is 13.8 Å². The van der Waals surface area contributed by atoms with E-state index in [9.17, 15) is 19.0 Å². The molecule has 0 heterocycles. The van der Waals surface area contributed by atoms with Crippen LogP contribution in [0, 0.1) is 0 Å². The van der Waals surface area contributed by atoms with E-state index >= 15 is 0 Å². The van der Waals surface area contributed by atoms with Gasteiger partial charge in [0.25, 0.3) is 0 Å². The highest BCUT2D eigenvalue weighted by Crippen LogP contribution is 2.43. The van der Waals surface area contributed by atoms with E-state index in [1.54, 1.807) is 6.08 Å². The minimum Gasteiger partial charge on any atom is -0.458 e. The van der Waals surface area contributed by atoms with Gasteiger partial charge in [-0.2, -0.15) is 0 Å². The molecule has 0 radical (unpaired) electrons. The Hall–Kier alpha value is -1.51. The van der Waals surface area contributed by atoms with Gasteiger partial charge in [-0.1, -0.05) is 167 Å². The number of allylic oxidation sites excluding steroid dienone is 3. The topological polar surface area (TPSA) is 134 Å². The number of unbranched alkanes of at least 4 members (excludes halogenated alkanes) is 22. The normalized spacial score (nSPS) is 13.7. The highest BCUT2D eigenvalue weighted by atomic mass is 31.2. The first-order valence-corrected chi connectivity index (χ1v) is 20.9. The molecule has 3 N–H and O–H groups in total. The van der Waals surface area contributed by atoms with Crippen LogP contribution >= 0.6 is 7.82 Å². The number of carbonyl (C=O) groups is 2. The summed E-state index contributed by atoms with van der Waals surface area (Å²) in [4.78, 5) is 34.5. The zero-order valence-electron chi connectivity index (χ0n) is 30.7. The minimum atomic E-state index is -4.38. The number of ether oxygens (including phenoxy) is 2. The van der Waals surface area contributed by atoms with Crippen LogP contribution in [0.25, 0.3) is 0 Å². The lowest BCUT2D eigenvalue weighted by Crippen LogP contribution is -2.29. The average Bonchev–Trinajstić information content (AvgIpc) is 3.07. The Morgan fingerprint density at radius 1 is 0.667 bits per heavy atom. The van der Waals surface area contributed by atoms with Crippen molar-refractivity contribution in [3.05, 3.63) is 24.3 Å². The molecule has 0 aliphatic rings. The van der Waals surface area contributed by atoms with Crippen LogP contribution in [0.2, 0.25) is 0 Å². The van der Waals surface area contributed by atoms with Gasteiger partial charge in [0, 0.05) is 19.0 Å². The number of esters is 2. The summed E-state index contributed by atoms with van der Waals surface area (Å²) in [5, 5.41) is 0. The molecule has 1 unspecified atom stereocenters. The number of nitrogens with two attached hydrogens (primary N) is 1. The van der Waals surface area contributed by atoms with Gasteiger partial charge < -0.3 is 20.1 Å². The summed E-state index contributed by atoms with van der Waals surface area (Å²) in [6, 6.07) is 0. The third-order valence-electron chi connectivity index (χ3n) is 8.19. The zero-order chi connectivity index (χ0) is 35.4. The number of carbonyl (C=O) groups excluding carboxylic acids is 2. The minimum absolute atomic E-state index is 0.0447. The second-order valence-corrected chi connectivity index (χ2v) is 14.3. The average molecular weight is 702 g/mol. The second kappa shape index (κ2) is 35.3. The van der Waals surface area contributed by atoms with Gasteiger partial charge in [-0.3, -0.25) is 13.8 Å². The van der Waals surface area contributed by atoms with Crippen molar-refractivity contribution in [2.45, 2.75) is 180 Å². The second-order valence-electron chi connectivity index (χ2n) is 12.9. The van der Waals surface area contributed by atoms with Gasteiger partial charge in [-0.25, -0.2) is 9.36 Å². The Balaban J connectivity index is 4.31. The Kier molecular flexibility index (Phi) is 34.2. The van der Waals surface area contributed by atoms with Gasteiger partial charge in [0.1, 0.15) is 6.61 Å². The van der Waals surface area contributed by atoms with Crippen molar-refractivity contribution in [2.75, 3.05) is 26.4 Å². The smallest absolute Gasteiger partial charge is 0.458 e. The predicted octanol–water partition coefficient (Wildman–Crippen LogP) is 10.4. The Morgan fingerprint density at radius 3 is 1.65 bits per heavy atom. The molecule has 0 fully saturated rings. The standard InChI is InChI=1S/C38H72NO8P/c1-3-5-7-9-11-13-15-17-18-19-21-22-24-26-28-30-37(40)44-34-36(35-46-48(42,43)45-33-32-39)47-38(41)31-29-27-25-23-20-16-14-12-10-8-6-4-2/h24,26,28,30,36H,3-23,25,27,29,31-35,39H2,1-2H3,(H,42,43)/b26-24+,30-28+/t36-/m1/s1. The Morgan fingerprint density at radius 2 is 1.15 bits per heavy atom. The summed E-state index contributed by atoms with van der Waals surface area (Å²) in [5.41, 5.74) is 5.32. The predicted molar refractivity (Wildman–Crippen MR) is 197 cm³/mol. The van der Waals surface area contributed by atoms with E-state index in [-0.39, 0.29) is 26.2 Å². The molecule has 0 rings (SSSR count). The molecule has 0 aromatic rings. The molecule has 0 amide bonds. The van der Waals surface area contributed by atoms with E-state index < -0.39 is 32.5 Å². The largest absolute Gasteiger partial charge is 0.472 e. The van der Waals surface area contributed by atoms with E-state index in [0.717, 1.165) is 32.1 Å². The van der Waals surface area contributed by atoms with E-state index in [1.165, 1.54) is 122 Å². The van der Waals surface area contributed by atoms with Gasteiger partial charge in [-0.05, 0) is 19.3 Å². The maximum Gasteiger partial charge on any atom is 0.472 e. The van der Waals surface area contributed by atoms with Crippen molar-refractivity contribution >= 4 is 19.8 Å². The highest BCUT2D eigenvalue weighted by molar-refractivity contribution is 7.47. The van der Waals surface area contributed by atoms with E-state index in [1.807, 2.05) is 12.2 Å². The zero-order valence-corrected chi connectivity index (χ0v) is 31.6. The van der Waals surface area contributed by atoms with Crippen molar-refractivity contribution < 1.29 is 37.6 Å². The van der Waals surface area contributed by atoms with Gasteiger partial charge in [0.15, 0.2) is 6.10 Å². The fourth-order valence-electron chi connectivity index (χ4n) is 5.31. The molecule has 0 bridgehead atoms. The molecule has 2 atom stereocenters. The fourth-order valence-corrected chi connectivity index (χ4v) is 6.08. The van der Waals surface area contributed by atoms with Crippen molar-refractivity contribution in [3.8, 4) is 0 Å². The van der Waals surface area contributed by atoms with Crippen molar-refractivity contribution in [1.82, 2.24) is 0 Å². The molecule has 0 saturated carbocycles. The third-order valence-corrected chi connectivity index (χ3v) is 9.18. The number of hydrogen-bond donors (Lipinski definition) is 2. The number of hydrogen-bond acceptors (Lipinski definition) is 8. The molecule has 48 heavy (non-hydrogen) atoms. The van der Waals surface area contributed by atoms with Crippen LogP contribution < -0.4 is 5.73 Å².